The highest BCUT2D eigenvalue weighted by Gasteiger charge is 2.17. The summed E-state index contributed by atoms with van der Waals surface area (Å²) in [6, 6.07) is 6.63. The second-order valence-electron chi connectivity index (χ2n) is 3.56. The minimum absolute atomic E-state index is 0.225. The quantitative estimate of drug-likeness (QED) is 0.687. The highest BCUT2D eigenvalue weighted by molar-refractivity contribution is 5.60. The Morgan fingerprint density at radius 2 is 2.38 bits per heavy atom. The van der Waals surface area contributed by atoms with Crippen molar-refractivity contribution in [1.29, 1.82) is 0 Å². The van der Waals surface area contributed by atoms with Crippen LogP contribution in [0.5, 0.6) is 0 Å². The van der Waals surface area contributed by atoms with Crippen LogP contribution in [-0.4, -0.2) is 6.54 Å². The van der Waals surface area contributed by atoms with Gasteiger partial charge in [0.05, 0.1) is 0 Å². The first kappa shape index (κ1) is 8.57. The second-order valence-corrected chi connectivity index (χ2v) is 3.56. The normalized spacial score (nSPS) is 20.6. The lowest BCUT2D eigenvalue weighted by molar-refractivity contribution is 0.653. The summed E-state index contributed by atoms with van der Waals surface area (Å²) in [4.78, 5) is 0. The number of fused-ring (bicyclic) bond motifs is 1. The molecule has 2 rings (SSSR count). The molecule has 1 unspecified atom stereocenters. The van der Waals surface area contributed by atoms with Gasteiger partial charge >= 0.3 is 0 Å². The number of benzene rings is 1. The Bertz CT molecular complexity index is 307. The smallest absolute Gasteiger partial charge is 0.0421 e. The van der Waals surface area contributed by atoms with E-state index in [4.69, 9.17) is 5.73 Å². The first-order chi connectivity index (χ1) is 6.33. The van der Waals surface area contributed by atoms with Crippen LogP contribution < -0.4 is 11.1 Å². The van der Waals surface area contributed by atoms with E-state index in [1.807, 2.05) is 0 Å². The molecule has 2 heteroatoms. The molecule has 3 N–H and O–H groups in total. The zero-order valence-electron chi connectivity index (χ0n) is 8.01. The van der Waals surface area contributed by atoms with E-state index in [9.17, 15) is 0 Å². The standard InChI is InChI=1S/C11H16N2/c1-2-8-4-3-5-9-10(12)6-7-13-11(8)9/h3-5,10,13H,2,6-7,12H2,1H3. The Kier molecular flexibility index (Phi) is 2.23. The molecule has 0 spiro atoms. The van der Waals surface area contributed by atoms with Crippen LogP contribution >= 0.6 is 0 Å². The maximum absolute atomic E-state index is 6.03. The highest BCUT2D eigenvalue weighted by atomic mass is 14.9. The molecule has 1 atom stereocenters. The van der Waals surface area contributed by atoms with Gasteiger partial charge in [-0.3, -0.25) is 0 Å². The average Bonchev–Trinajstić information content (AvgIpc) is 2.18. The Morgan fingerprint density at radius 1 is 1.54 bits per heavy atom. The van der Waals surface area contributed by atoms with E-state index in [1.54, 1.807) is 0 Å². The van der Waals surface area contributed by atoms with Gasteiger partial charge in [0.1, 0.15) is 0 Å². The Balaban J connectivity index is 2.48. The summed E-state index contributed by atoms with van der Waals surface area (Å²) >= 11 is 0. The van der Waals surface area contributed by atoms with Gasteiger partial charge in [-0.2, -0.15) is 0 Å². The van der Waals surface area contributed by atoms with Crippen molar-refractivity contribution in [3.8, 4) is 0 Å². The number of nitrogens with one attached hydrogen (secondary N) is 1. The Hall–Kier alpha value is -1.02. The number of nitrogens with two attached hydrogens (primary N) is 1. The predicted molar refractivity (Wildman–Crippen MR) is 55.9 cm³/mol. The maximum Gasteiger partial charge on any atom is 0.0421 e. The molecule has 0 radical (unpaired) electrons. The molecule has 1 aliphatic rings. The molecule has 1 aromatic rings. The van der Waals surface area contributed by atoms with Gasteiger partial charge in [0.15, 0.2) is 0 Å². The molecule has 70 valence electrons. The number of anilines is 1. The van der Waals surface area contributed by atoms with Gasteiger partial charge < -0.3 is 11.1 Å². The molecule has 1 heterocycles. The zero-order chi connectivity index (χ0) is 9.26. The van der Waals surface area contributed by atoms with Crippen molar-refractivity contribution < 1.29 is 0 Å². The minimum Gasteiger partial charge on any atom is -0.384 e. The average molecular weight is 176 g/mol. The zero-order valence-corrected chi connectivity index (χ0v) is 8.01. The van der Waals surface area contributed by atoms with Crippen molar-refractivity contribution in [3.05, 3.63) is 29.3 Å². The van der Waals surface area contributed by atoms with Gasteiger partial charge in [0.25, 0.3) is 0 Å². The molecular weight excluding hydrogens is 160 g/mol. The van der Waals surface area contributed by atoms with Crippen LogP contribution in [0.25, 0.3) is 0 Å². The van der Waals surface area contributed by atoms with Crippen molar-refractivity contribution in [3.63, 3.8) is 0 Å². The van der Waals surface area contributed by atoms with Crippen molar-refractivity contribution in [2.75, 3.05) is 11.9 Å². The van der Waals surface area contributed by atoms with Crippen molar-refractivity contribution in [2.24, 2.45) is 5.73 Å². The fraction of sp³-hybridized carbons (Fsp3) is 0.455. The number of rotatable bonds is 1. The summed E-state index contributed by atoms with van der Waals surface area (Å²) in [7, 11) is 0. The van der Waals surface area contributed by atoms with Crippen LogP contribution in [0, 0.1) is 0 Å². The van der Waals surface area contributed by atoms with Gasteiger partial charge in [-0.25, -0.2) is 0 Å². The van der Waals surface area contributed by atoms with Crippen LogP contribution in [0.15, 0.2) is 18.2 Å². The molecule has 1 aromatic carbocycles. The fourth-order valence-electron chi connectivity index (χ4n) is 1.95. The third kappa shape index (κ3) is 1.42. The summed E-state index contributed by atoms with van der Waals surface area (Å²) in [5.74, 6) is 0. The number of para-hydroxylation sites is 1. The SMILES string of the molecule is CCc1cccc2c1NCCC2N. The predicted octanol–water partition coefficient (Wildman–Crippen LogP) is 2.06. The number of aryl methyl sites for hydroxylation is 1. The van der Waals surface area contributed by atoms with Gasteiger partial charge in [-0.15, -0.1) is 0 Å². The van der Waals surface area contributed by atoms with Gasteiger partial charge in [-0.05, 0) is 24.0 Å². The molecule has 0 bridgehead atoms. The molecule has 0 aromatic heterocycles. The van der Waals surface area contributed by atoms with E-state index in [0.717, 1.165) is 19.4 Å². The summed E-state index contributed by atoms with van der Waals surface area (Å²) in [6.45, 7) is 3.18. The Morgan fingerprint density at radius 3 is 3.15 bits per heavy atom. The van der Waals surface area contributed by atoms with Gasteiger partial charge in [0.2, 0.25) is 0 Å². The summed E-state index contributed by atoms with van der Waals surface area (Å²) in [6.07, 6.45) is 2.11. The largest absolute Gasteiger partial charge is 0.384 e. The molecule has 0 amide bonds. The van der Waals surface area contributed by atoms with Crippen LogP contribution in [0.3, 0.4) is 0 Å². The van der Waals surface area contributed by atoms with E-state index in [0.29, 0.717) is 0 Å². The lowest BCUT2D eigenvalue weighted by Crippen LogP contribution is -2.23. The van der Waals surface area contributed by atoms with Crippen LogP contribution in [0.1, 0.15) is 30.5 Å². The van der Waals surface area contributed by atoms with Crippen molar-refractivity contribution >= 4 is 5.69 Å². The minimum atomic E-state index is 0.225. The van der Waals surface area contributed by atoms with E-state index >= 15 is 0 Å². The third-order valence-electron chi connectivity index (χ3n) is 2.72. The molecule has 0 saturated heterocycles. The van der Waals surface area contributed by atoms with Crippen molar-refractivity contribution in [2.45, 2.75) is 25.8 Å². The first-order valence-electron chi connectivity index (χ1n) is 4.94. The number of hydrogen-bond acceptors (Lipinski definition) is 2. The van der Waals surface area contributed by atoms with Gasteiger partial charge in [0, 0.05) is 18.3 Å². The summed E-state index contributed by atoms with van der Waals surface area (Å²) in [5.41, 5.74) is 9.98. The summed E-state index contributed by atoms with van der Waals surface area (Å²) < 4.78 is 0. The summed E-state index contributed by atoms with van der Waals surface area (Å²) in [5, 5.41) is 3.43. The van der Waals surface area contributed by atoms with Crippen LogP contribution in [-0.2, 0) is 6.42 Å². The maximum atomic E-state index is 6.03. The molecule has 0 fully saturated rings. The topological polar surface area (TPSA) is 38.0 Å². The van der Waals surface area contributed by atoms with E-state index in [1.165, 1.54) is 16.8 Å². The molecule has 1 aliphatic heterocycles. The monoisotopic (exact) mass is 176 g/mol. The van der Waals surface area contributed by atoms with E-state index in [-0.39, 0.29) is 6.04 Å². The molecule has 0 saturated carbocycles. The Labute approximate surface area is 79.1 Å². The van der Waals surface area contributed by atoms with E-state index in [2.05, 4.69) is 30.4 Å². The van der Waals surface area contributed by atoms with Gasteiger partial charge in [-0.1, -0.05) is 25.1 Å². The number of hydrogen-bond donors (Lipinski definition) is 2. The highest BCUT2D eigenvalue weighted by Crippen LogP contribution is 2.31. The van der Waals surface area contributed by atoms with Crippen molar-refractivity contribution in [1.82, 2.24) is 0 Å². The van der Waals surface area contributed by atoms with E-state index < -0.39 is 0 Å². The first-order valence-corrected chi connectivity index (χ1v) is 4.94. The lowest BCUT2D eigenvalue weighted by atomic mass is 9.95. The second kappa shape index (κ2) is 3.38. The molecule has 13 heavy (non-hydrogen) atoms. The third-order valence-corrected chi connectivity index (χ3v) is 2.72. The lowest BCUT2D eigenvalue weighted by Gasteiger charge is -2.25. The molecular formula is C11H16N2. The molecule has 2 nitrogen and oxygen atoms in total. The van der Waals surface area contributed by atoms with Crippen LogP contribution in [0.4, 0.5) is 5.69 Å². The molecule has 0 aliphatic carbocycles. The fourth-order valence-corrected chi connectivity index (χ4v) is 1.95. The van der Waals surface area contributed by atoms with Crippen LogP contribution in [0.2, 0.25) is 0 Å².